The van der Waals surface area contributed by atoms with Crippen LogP contribution in [0.15, 0.2) is 36.5 Å². The summed E-state index contributed by atoms with van der Waals surface area (Å²) in [6, 6.07) is 8.37. The molecule has 0 spiro atoms. The second-order valence-corrected chi connectivity index (χ2v) is 4.79. The van der Waals surface area contributed by atoms with E-state index in [1.54, 1.807) is 24.3 Å². The van der Waals surface area contributed by atoms with Crippen molar-refractivity contribution in [3.8, 4) is 5.75 Å². The molecule has 0 saturated heterocycles. The minimum atomic E-state index is -1.01. The van der Waals surface area contributed by atoms with Crippen LogP contribution in [0.2, 0.25) is 0 Å². The first-order valence-electron chi connectivity index (χ1n) is 7.46. The number of anilines is 1. The Hall–Kier alpha value is -2.87. The minimum absolute atomic E-state index is 0.269. The second-order valence-electron chi connectivity index (χ2n) is 4.79. The van der Waals surface area contributed by atoms with E-state index >= 15 is 0 Å². The first-order valence-corrected chi connectivity index (χ1v) is 7.46. The number of nitrogens with zero attached hydrogens (tertiary/aromatic N) is 2. The number of carboxylic acids is 1. The highest BCUT2D eigenvalue weighted by molar-refractivity contribution is 6.05. The summed E-state index contributed by atoms with van der Waals surface area (Å²) in [6.45, 7) is 3.00. The van der Waals surface area contributed by atoms with E-state index < -0.39 is 5.97 Å². The van der Waals surface area contributed by atoms with Gasteiger partial charge in [0, 0.05) is 18.9 Å². The number of ether oxygens (including phenoxy) is 2. The Kier molecular flexibility index (Phi) is 6.32. The summed E-state index contributed by atoms with van der Waals surface area (Å²) in [5.74, 6) is -0.684. The Morgan fingerprint density at radius 2 is 2.04 bits per heavy atom. The van der Waals surface area contributed by atoms with Crippen LogP contribution in [0.25, 0.3) is 0 Å². The maximum absolute atomic E-state index is 12.4. The molecule has 128 valence electrons. The monoisotopic (exact) mass is 333 g/mol. The normalized spacial score (nSPS) is 10.4. The molecule has 0 fully saturated rings. The molecular weight excluding hydrogens is 314 g/mol. The lowest BCUT2D eigenvalue weighted by Gasteiger charge is -2.11. The molecule has 0 unspecified atom stereocenters. The molecule has 8 heteroatoms. The third-order valence-electron chi connectivity index (χ3n) is 3.00. The number of aromatic nitrogens is 2. The summed E-state index contributed by atoms with van der Waals surface area (Å²) in [5.41, 5.74) is 0.363. The highest BCUT2D eigenvalue weighted by atomic mass is 16.5. The van der Waals surface area contributed by atoms with Crippen molar-refractivity contribution in [3.05, 3.63) is 42.1 Å². The van der Waals surface area contributed by atoms with Crippen molar-refractivity contribution in [2.24, 2.45) is 0 Å². The lowest BCUT2D eigenvalue weighted by atomic mass is 10.2. The molecule has 0 aliphatic rings. The molecule has 0 aliphatic carbocycles. The average molecular weight is 333 g/mol. The summed E-state index contributed by atoms with van der Waals surface area (Å²) in [5, 5.41) is 15.3. The Labute approximate surface area is 139 Å². The second kappa shape index (κ2) is 8.68. The van der Waals surface area contributed by atoms with Gasteiger partial charge in [-0.2, -0.15) is 5.10 Å². The highest BCUT2D eigenvalue weighted by Crippen LogP contribution is 2.19. The first kappa shape index (κ1) is 17.5. The van der Waals surface area contributed by atoms with Crippen LogP contribution < -0.4 is 10.1 Å². The van der Waals surface area contributed by atoms with Crippen LogP contribution in [-0.4, -0.2) is 46.6 Å². The topological polar surface area (TPSA) is 103 Å². The molecule has 1 aromatic carbocycles. The van der Waals surface area contributed by atoms with Crippen molar-refractivity contribution in [3.63, 3.8) is 0 Å². The molecule has 0 radical (unpaired) electrons. The number of hydrogen-bond acceptors (Lipinski definition) is 5. The van der Waals surface area contributed by atoms with Crippen LogP contribution in [-0.2, 0) is 16.1 Å². The molecule has 0 saturated carbocycles. The number of para-hydroxylation sites is 1. The van der Waals surface area contributed by atoms with Gasteiger partial charge in [-0.05, 0) is 19.1 Å². The van der Waals surface area contributed by atoms with Crippen LogP contribution in [0, 0.1) is 0 Å². The van der Waals surface area contributed by atoms with E-state index in [4.69, 9.17) is 14.6 Å². The molecular formula is C16H19N3O5. The van der Waals surface area contributed by atoms with Gasteiger partial charge in [-0.3, -0.25) is 14.3 Å². The van der Waals surface area contributed by atoms with E-state index in [9.17, 15) is 9.59 Å². The summed E-state index contributed by atoms with van der Waals surface area (Å²) in [7, 11) is 0. The van der Waals surface area contributed by atoms with Crippen LogP contribution >= 0.6 is 0 Å². The van der Waals surface area contributed by atoms with E-state index in [-0.39, 0.29) is 18.3 Å². The van der Waals surface area contributed by atoms with Crippen molar-refractivity contribution in [2.75, 3.05) is 25.1 Å². The number of rotatable bonds is 9. The number of benzene rings is 1. The molecule has 0 bridgehead atoms. The van der Waals surface area contributed by atoms with Crippen molar-refractivity contribution in [1.82, 2.24) is 9.78 Å². The molecule has 24 heavy (non-hydrogen) atoms. The summed E-state index contributed by atoms with van der Waals surface area (Å²) < 4.78 is 12.0. The van der Waals surface area contributed by atoms with Crippen LogP contribution in [0.3, 0.4) is 0 Å². The molecule has 1 aromatic heterocycles. The maximum Gasteiger partial charge on any atom is 0.325 e. The lowest BCUT2D eigenvalue weighted by Crippen LogP contribution is -2.16. The average Bonchev–Trinajstić information content (AvgIpc) is 2.98. The molecule has 8 nitrogen and oxygen atoms in total. The summed E-state index contributed by atoms with van der Waals surface area (Å²) in [4.78, 5) is 23.0. The van der Waals surface area contributed by atoms with Gasteiger partial charge in [0.1, 0.15) is 18.9 Å². The van der Waals surface area contributed by atoms with Gasteiger partial charge in [0.15, 0.2) is 5.82 Å². The molecule has 2 rings (SSSR count). The van der Waals surface area contributed by atoms with Crippen molar-refractivity contribution in [1.29, 1.82) is 0 Å². The third-order valence-corrected chi connectivity index (χ3v) is 3.00. The van der Waals surface area contributed by atoms with Gasteiger partial charge in [-0.1, -0.05) is 12.1 Å². The van der Waals surface area contributed by atoms with Gasteiger partial charge in [-0.25, -0.2) is 0 Å². The first-order chi connectivity index (χ1) is 11.6. The Morgan fingerprint density at radius 1 is 1.25 bits per heavy atom. The SMILES string of the molecule is CCOCCOc1ccccc1C(=O)Nc1ccn(CC(=O)O)n1. The standard InChI is InChI=1S/C16H19N3O5/c1-2-23-9-10-24-13-6-4-3-5-12(13)16(22)17-14-7-8-19(18-14)11-15(20)21/h3-8H,2,9-11H2,1H3,(H,20,21)(H,17,18,22). The number of hydrogen-bond donors (Lipinski definition) is 2. The van der Waals surface area contributed by atoms with E-state index in [0.29, 0.717) is 31.1 Å². The van der Waals surface area contributed by atoms with Crippen molar-refractivity contribution < 1.29 is 24.2 Å². The van der Waals surface area contributed by atoms with E-state index in [2.05, 4.69) is 10.4 Å². The Balaban J connectivity index is 2.01. The predicted molar refractivity (Wildman–Crippen MR) is 86.2 cm³/mol. The number of amides is 1. The van der Waals surface area contributed by atoms with Gasteiger partial charge >= 0.3 is 5.97 Å². The molecule has 0 atom stereocenters. The van der Waals surface area contributed by atoms with E-state index in [1.807, 2.05) is 6.92 Å². The zero-order valence-corrected chi connectivity index (χ0v) is 13.3. The number of nitrogens with one attached hydrogen (secondary N) is 1. The Bertz CT molecular complexity index is 699. The fraction of sp³-hybridized carbons (Fsp3) is 0.312. The molecule has 0 aliphatic heterocycles. The quantitative estimate of drug-likeness (QED) is 0.676. The maximum atomic E-state index is 12.4. The highest BCUT2D eigenvalue weighted by Gasteiger charge is 2.14. The van der Waals surface area contributed by atoms with E-state index in [1.165, 1.54) is 16.9 Å². The zero-order chi connectivity index (χ0) is 17.4. The minimum Gasteiger partial charge on any atom is -0.490 e. The fourth-order valence-corrected chi connectivity index (χ4v) is 1.97. The fourth-order valence-electron chi connectivity index (χ4n) is 1.97. The molecule has 1 amide bonds. The van der Waals surface area contributed by atoms with Crippen molar-refractivity contribution in [2.45, 2.75) is 13.5 Å². The molecule has 1 heterocycles. The smallest absolute Gasteiger partial charge is 0.325 e. The van der Waals surface area contributed by atoms with Crippen LogP contribution in [0.4, 0.5) is 5.82 Å². The van der Waals surface area contributed by atoms with Gasteiger partial charge < -0.3 is 19.9 Å². The van der Waals surface area contributed by atoms with Gasteiger partial charge in [0.25, 0.3) is 5.91 Å². The van der Waals surface area contributed by atoms with Gasteiger partial charge in [0.2, 0.25) is 0 Å². The molecule has 2 aromatic rings. The van der Waals surface area contributed by atoms with Crippen LogP contribution in [0.1, 0.15) is 17.3 Å². The van der Waals surface area contributed by atoms with Crippen molar-refractivity contribution >= 4 is 17.7 Å². The third kappa shape index (κ3) is 5.10. The predicted octanol–water partition coefficient (Wildman–Crippen LogP) is 1.64. The largest absolute Gasteiger partial charge is 0.490 e. The lowest BCUT2D eigenvalue weighted by molar-refractivity contribution is -0.137. The number of aliphatic carboxylic acids is 1. The van der Waals surface area contributed by atoms with Gasteiger partial charge in [0.05, 0.1) is 12.2 Å². The number of carbonyl (C=O) groups is 2. The Morgan fingerprint density at radius 3 is 2.79 bits per heavy atom. The van der Waals surface area contributed by atoms with E-state index in [0.717, 1.165) is 0 Å². The summed E-state index contributed by atoms with van der Waals surface area (Å²) >= 11 is 0. The number of carboxylic acid groups (broad SMARTS) is 1. The molecule has 2 N–H and O–H groups in total. The zero-order valence-electron chi connectivity index (χ0n) is 13.3. The number of carbonyl (C=O) groups excluding carboxylic acids is 1. The summed E-state index contributed by atoms with van der Waals surface area (Å²) in [6.07, 6.45) is 1.48. The van der Waals surface area contributed by atoms with Crippen LogP contribution in [0.5, 0.6) is 5.75 Å². The van der Waals surface area contributed by atoms with Gasteiger partial charge in [-0.15, -0.1) is 0 Å².